The Balaban J connectivity index is 1.56. The number of pyridine rings is 1. The molecule has 5 rings (SSSR count). The zero-order valence-corrected chi connectivity index (χ0v) is 24.1. The van der Waals surface area contributed by atoms with Gasteiger partial charge in [0.05, 0.1) is 16.7 Å². The number of carbonyl (C=O) groups excluding carboxylic acids is 1. The van der Waals surface area contributed by atoms with E-state index in [2.05, 4.69) is 22.4 Å². The van der Waals surface area contributed by atoms with Crippen LogP contribution < -0.4 is 10.1 Å². The maximum absolute atomic E-state index is 14.8. The Morgan fingerprint density at radius 1 is 1.08 bits per heavy atom. The van der Waals surface area contributed by atoms with Gasteiger partial charge >= 0.3 is 0 Å². The first-order valence-electron chi connectivity index (χ1n) is 13.6. The molecule has 1 N–H and O–H groups in total. The number of nitrogens with zero attached hydrogens (tertiary/aromatic N) is 2. The van der Waals surface area contributed by atoms with Crippen LogP contribution in [-0.2, 0) is 6.54 Å². The van der Waals surface area contributed by atoms with Crippen molar-refractivity contribution < 1.29 is 13.9 Å². The van der Waals surface area contributed by atoms with Crippen LogP contribution >= 0.6 is 11.3 Å². The first-order valence-corrected chi connectivity index (χ1v) is 14.4. The van der Waals surface area contributed by atoms with Gasteiger partial charge in [-0.25, -0.2) is 4.39 Å². The van der Waals surface area contributed by atoms with E-state index in [1.807, 2.05) is 57.1 Å². The lowest BCUT2D eigenvalue weighted by molar-refractivity contribution is 0.0604. The second-order valence-electron chi connectivity index (χ2n) is 10.6. The van der Waals surface area contributed by atoms with E-state index < -0.39 is 0 Å². The Morgan fingerprint density at radius 3 is 2.49 bits per heavy atom. The molecule has 0 radical (unpaired) electrons. The second-order valence-corrected chi connectivity index (χ2v) is 11.6. The molecule has 1 fully saturated rings. The average Bonchev–Trinajstić information content (AvgIpc) is 3.31. The molecule has 2 heterocycles. The zero-order chi connectivity index (χ0) is 27.7. The number of carbonyl (C=O) groups is 1. The topological polar surface area (TPSA) is 54.5 Å². The van der Waals surface area contributed by atoms with E-state index in [0.717, 1.165) is 70.3 Å². The maximum atomic E-state index is 14.8. The van der Waals surface area contributed by atoms with E-state index >= 15 is 0 Å². The first-order chi connectivity index (χ1) is 18.8. The van der Waals surface area contributed by atoms with Gasteiger partial charge in [-0.3, -0.25) is 9.78 Å². The minimum absolute atomic E-state index is 0.0346. The normalized spacial score (nSPS) is 17.4. The van der Waals surface area contributed by atoms with Gasteiger partial charge in [-0.15, -0.1) is 11.3 Å². The molecule has 0 saturated heterocycles. The van der Waals surface area contributed by atoms with E-state index in [-0.39, 0.29) is 17.8 Å². The summed E-state index contributed by atoms with van der Waals surface area (Å²) in [6, 6.07) is 14.0. The highest BCUT2D eigenvalue weighted by atomic mass is 32.1. The Hall–Kier alpha value is -3.29. The van der Waals surface area contributed by atoms with Crippen molar-refractivity contribution in [3.63, 3.8) is 0 Å². The van der Waals surface area contributed by atoms with Crippen LogP contribution in [0.25, 0.3) is 21.2 Å². The SMILES string of the molecule is CNC1CCC(N(Cc2cc(-c3ccnc(C)c3)ccc2OC)C(=O)c2sc3c(F)ccc(C)c3c2C)CC1. The monoisotopic (exact) mass is 545 g/mol. The van der Waals surface area contributed by atoms with Crippen LogP contribution in [0.3, 0.4) is 0 Å². The Labute approximate surface area is 234 Å². The Morgan fingerprint density at radius 2 is 1.82 bits per heavy atom. The average molecular weight is 546 g/mol. The van der Waals surface area contributed by atoms with Crippen molar-refractivity contribution in [2.45, 2.75) is 65.1 Å². The quantitative estimate of drug-likeness (QED) is 0.267. The fraction of sp³-hybridized carbons (Fsp3) is 0.375. The molecule has 0 unspecified atom stereocenters. The van der Waals surface area contributed by atoms with E-state index in [0.29, 0.717) is 22.2 Å². The number of aryl methyl sites for hydroxylation is 3. The number of rotatable bonds is 7. The third kappa shape index (κ3) is 5.43. The standard InChI is InChI=1S/C32H36FN3O2S/c1-19-6-12-27(33)31-29(19)21(3)30(39-31)32(37)36(26-10-8-25(34-4)9-11-26)18-24-17-22(7-13-28(24)38-5)23-14-15-35-20(2)16-23/h6-7,12-17,25-26,34H,8-11,18H2,1-5H3. The van der Waals surface area contributed by atoms with Crippen molar-refractivity contribution in [2.24, 2.45) is 0 Å². The van der Waals surface area contributed by atoms with Crippen LogP contribution in [0.15, 0.2) is 48.7 Å². The van der Waals surface area contributed by atoms with E-state index in [1.54, 1.807) is 13.2 Å². The molecular formula is C32H36FN3O2S. The summed E-state index contributed by atoms with van der Waals surface area (Å²) in [6.07, 6.45) is 5.67. The molecule has 204 valence electrons. The van der Waals surface area contributed by atoms with Crippen LogP contribution in [0, 0.1) is 26.6 Å². The number of methoxy groups -OCH3 is 1. The summed E-state index contributed by atoms with van der Waals surface area (Å²) in [7, 11) is 3.67. The van der Waals surface area contributed by atoms with Crippen molar-refractivity contribution in [1.82, 2.24) is 15.2 Å². The summed E-state index contributed by atoms with van der Waals surface area (Å²) in [5.74, 6) is 0.444. The molecule has 0 aliphatic heterocycles. The van der Waals surface area contributed by atoms with Crippen molar-refractivity contribution in [1.29, 1.82) is 0 Å². The van der Waals surface area contributed by atoms with Crippen molar-refractivity contribution in [3.05, 3.63) is 81.7 Å². The van der Waals surface area contributed by atoms with E-state index in [4.69, 9.17) is 4.74 Å². The molecule has 0 atom stereocenters. The summed E-state index contributed by atoms with van der Waals surface area (Å²) in [5, 5.41) is 4.25. The molecule has 1 saturated carbocycles. The fourth-order valence-electron chi connectivity index (χ4n) is 5.88. The number of nitrogens with one attached hydrogen (secondary N) is 1. The minimum atomic E-state index is -0.272. The van der Waals surface area contributed by atoms with Crippen molar-refractivity contribution in [3.8, 4) is 16.9 Å². The van der Waals surface area contributed by atoms with Gasteiger partial charge in [0.2, 0.25) is 0 Å². The van der Waals surface area contributed by atoms with Gasteiger partial charge in [0.25, 0.3) is 5.91 Å². The number of halogens is 1. The molecule has 2 aromatic heterocycles. The van der Waals surface area contributed by atoms with Gasteiger partial charge < -0.3 is 15.0 Å². The number of amides is 1. The summed E-state index contributed by atoms with van der Waals surface area (Å²) >= 11 is 1.28. The molecule has 39 heavy (non-hydrogen) atoms. The predicted octanol–water partition coefficient (Wildman–Crippen LogP) is 7.21. The molecular weight excluding hydrogens is 509 g/mol. The summed E-state index contributed by atoms with van der Waals surface area (Å²) in [6.45, 7) is 6.32. The molecule has 5 nitrogen and oxygen atoms in total. The number of fused-ring (bicyclic) bond motifs is 1. The summed E-state index contributed by atoms with van der Waals surface area (Å²) in [4.78, 5) is 21.3. The highest BCUT2D eigenvalue weighted by Gasteiger charge is 2.32. The molecule has 1 aliphatic carbocycles. The summed E-state index contributed by atoms with van der Waals surface area (Å²) < 4.78 is 21.1. The third-order valence-electron chi connectivity index (χ3n) is 8.09. The lowest BCUT2D eigenvalue weighted by Gasteiger charge is -2.37. The Kier molecular flexibility index (Phi) is 8.01. The van der Waals surface area contributed by atoms with Crippen LogP contribution in [0.4, 0.5) is 4.39 Å². The number of hydrogen-bond acceptors (Lipinski definition) is 5. The lowest BCUT2D eigenvalue weighted by Crippen LogP contribution is -2.44. The highest BCUT2D eigenvalue weighted by molar-refractivity contribution is 7.21. The number of aromatic nitrogens is 1. The zero-order valence-electron chi connectivity index (χ0n) is 23.3. The molecule has 2 aromatic carbocycles. The van der Waals surface area contributed by atoms with Gasteiger partial charge in [-0.05, 0) is 106 Å². The van der Waals surface area contributed by atoms with Gasteiger partial charge in [-0.1, -0.05) is 12.1 Å². The largest absolute Gasteiger partial charge is 0.496 e. The molecule has 7 heteroatoms. The Bertz CT molecular complexity index is 1510. The van der Waals surface area contributed by atoms with Gasteiger partial charge in [0, 0.05) is 41.5 Å². The van der Waals surface area contributed by atoms with Gasteiger partial charge in [-0.2, -0.15) is 0 Å². The van der Waals surface area contributed by atoms with Crippen LogP contribution in [0.5, 0.6) is 5.75 Å². The number of ether oxygens (including phenoxy) is 1. The van der Waals surface area contributed by atoms with Crippen LogP contribution in [-0.4, -0.2) is 42.0 Å². The lowest BCUT2D eigenvalue weighted by atomic mass is 9.89. The van der Waals surface area contributed by atoms with Crippen LogP contribution in [0.2, 0.25) is 0 Å². The third-order valence-corrected chi connectivity index (χ3v) is 9.38. The molecule has 1 aliphatic rings. The van der Waals surface area contributed by atoms with E-state index in [1.165, 1.54) is 17.4 Å². The minimum Gasteiger partial charge on any atom is -0.496 e. The molecule has 4 aromatic rings. The van der Waals surface area contributed by atoms with Crippen molar-refractivity contribution >= 4 is 27.3 Å². The van der Waals surface area contributed by atoms with Gasteiger partial charge in [0.1, 0.15) is 11.6 Å². The van der Waals surface area contributed by atoms with Crippen LogP contribution in [0.1, 0.15) is 57.7 Å². The second kappa shape index (κ2) is 11.4. The number of benzene rings is 2. The highest BCUT2D eigenvalue weighted by Crippen LogP contribution is 2.38. The molecule has 0 spiro atoms. The summed E-state index contributed by atoms with van der Waals surface area (Å²) in [5.41, 5.74) is 5.88. The maximum Gasteiger partial charge on any atom is 0.264 e. The fourth-order valence-corrected chi connectivity index (χ4v) is 7.13. The van der Waals surface area contributed by atoms with Crippen molar-refractivity contribution in [2.75, 3.05) is 14.2 Å². The molecule has 0 bridgehead atoms. The number of hydrogen-bond donors (Lipinski definition) is 1. The smallest absolute Gasteiger partial charge is 0.264 e. The molecule has 1 amide bonds. The number of thiophene rings is 1. The van der Waals surface area contributed by atoms with Gasteiger partial charge in [0.15, 0.2) is 0 Å². The van der Waals surface area contributed by atoms with E-state index in [9.17, 15) is 9.18 Å². The predicted molar refractivity (Wildman–Crippen MR) is 157 cm³/mol. The first kappa shape index (κ1) is 27.3.